The largest absolute Gasteiger partial charge is 0.390 e. The zero-order valence-electron chi connectivity index (χ0n) is 10.5. The van der Waals surface area contributed by atoms with E-state index in [1.54, 1.807) is 6.07 Å². The highest BCUT2D eigenvalue weighted by Crippen LogP contribution is 2.27. The molecule has 0 bridgehead atoms. The molecule has 0 amide bonds. The summed E-state index contributed by atoms with van der Waals surface area (Å²) in [6.45, 7) is 4.03. The fraction of sp³-hybridized carbons (Fsp3) is 0.571. The summed E-state index contributed by atoms with van der Waals surface area (Å²) in [4.78, 5) is 0. The Morgan fingerprint density at radius 3 is 2.53 bits per heavy atom. The average Bonchev–Trinajstić information content (AvgIpc) is 2.22. The molecule has 0 aliphatic carbocycles. The summed E-state index contributed by atoms with van der Waals surface area (Å²) in [7, 11) is 0. The Morgan fingerprint density at radius 2 is 1.94 bits per heavy atom. The predicted molar refractivity (Wildman–Crippen MR) is 74.9 cm³/mol. The van der Waals surface area contributed by atoms with Crippen molar-refractivity contribution in [3.63, 3.8) is 0 Å². The molecule has 0 aliphatic heterocycles. The first-order valence-electron chi connectivity index (χ1n) is 6.11. The Kier molecular flexibility index (Phi) is 5.78. The van der Waals surface area contributed by atoms with Crippen molar-refractivity contribution in [3.05, 3.63) is 33.8 Å². The lowest BCUT2D eigenvalue weighted by molar-refractivity contribution is 0.0486. The van der Waals surface area contributed by atoms with Gasteiger partial charge in [-0.3, -0.25) is 0 Å². The maximum absolute atomic E-state index is 10.3. The van der Waals surface area contributed by atoms with Crippen LogP contribution < -0.4 is 0 Å². The SMILES string of the molecule is CCCCCC(C)(O)Cc1ccc(Cl)cc1Cl. The van der Waals surface area contributed by atoms with E-state index in [0.717, 1.165) is 31.2 Å². The topological polar surface area (TPSA) is 20.2 Å². The molecule has 0 aliphatic rings. The van der Waals surface area contributed by atoms with E-state index in [2.05, 4.69) is 6.92 Å². The van der Waals surface area contributed by atoms with E-state index in [-0.39, 0.29) is 0 Å². The number of rotatable bonds is 6. The molecule has 96 valence electrons. The van der Waals surface area contributed by atoms with Crippen LogP contribution in [0.1, 0.15) is 45.1 Å². The maximum Gasteiger partial charge on any atom is 0.0660 e. The Bertz CT molecular complexity index is 361. The lowest BCUT2D eigenvalue weighted by atomic mass is 9.91. The molecule has 0 fully saturated rings. The van der Waals surface area contributed by atoms with Gasteiger partial charge in [0, 0.05) is 16.5 Å². The van der Waals surface area contributed by atoms with E-state index in [0.29, 0.717) is 16.5 Å². The van der Waals surface area contributed by atoms with Crippen molar-refractivity contribution in [1.82, 2.24) is 0 Å². The second-order valence-electron chi connectivity index (χ2n) is 4.87. The standard InChI is InChI=1S/C14H20Cl2O/c1-3-4-5-8-14(2,17)10-11-6-7-12(15)9-13(11)16/h6-7,9,17H,3-5,8,10H2,1-2H3. The van der Waals surface area contributed by atoms with Crippen LogP contribution in [-0.4, -0.2) is 10.7 Å². The van der Waals surface area contributed by atoms with Gasteiger partial charge in [-0.05, 0) is 31.0 Å². The van der Waals surface area contributed by atoms with Crippen LogP contribution in [-0.2, 0) is 6.42 Å². The summed E-state index contributed by atoms with van der Waals surface area (Å²) in [6, 6.07) is 5.42. The third-order valence-corrected chi connectivity index (χ3v) is 3.49. The van der Waals surface area contributed by atoms with Gasteiger partial charge in [-0.15, -0.1) is 0 Å². The number of aliphatic hydroxyl groups is 1. The molecule has 1 aromatic carbocycles. The van der Waals surface area contributed by atoms with Crippen LogP contribution >= 0.6 is 23.2 Å². The Hall–Kier alpha value is -0.240. The smallest absolute Gasteiger partial charge is 0.0660 e. The van der Waals surface area contributed by atoms with Gasteiger partial charge in [0.05, 0.1) is 5.60 Å². The van der Waals surface area contributed by atoms with E-state index >= 15 is 0 Å². The molecule has 1 aromatic rings. The van der Waals surface area contributed by atoms with Gasteiger partial charge in [0.1, 0.15) is 0 Å². The Labute approximate surface area is 114 Å². The highest BCUT2D eigenvalue weighted by Gasteiger charge is 2.21. The molecule has 0 aromatic heterocycles. The Balaban J connectivity index is 2.62. The molecular formula is C14H20Cl2O. The lowest BCUT2D eigenvalue weighted by Crippen LogP contribution is -2.27. The fourth-order valence-electron chi connectivity index (χ4n) is 1.92. The van der Waals surface area contributed by atoms with Gasteiger partial charge in [-0.25, -0.2) is 0 Å². The highest BCUT2D eigenvalue weighted by molar-refractivity contribution is 6.35. The van der Waals surface area contributed by atoms with Gasteiger partial charge in [0.2, 0.25) is 0 Å². The number of benzene rings is 1. The first-order chi connectivity index (χ1) is 7.94. The monoisotopic (exact) mass is 274 g/mol. The van der Waals surface area contributed by atoms with E-state index in [4.69, 9.17) is 23.2 Å². The van der Waals surface area contributed by atoms with Crippen LogP contribution in [0.25, 0.3) is 0 Å². The van der Waals surface area contributed by atoms with Crippen molar-refractivity contribution in [2.75, 3.05) is 0 Å². The summed E-state index contributed by atoms with van der Waals surface area (Å²) in [5.74, 6) is 0. The molecule has 0 saturated carbocycles. The van der Waals surface area contributed by atoms with Crippen LogP contribution in [0.5, 0.6) is 0 Å². The van der Waals surface area contributed by atoms with Crippen molar-refractivity contribution < 1.29 is 5.11 Å². The minimum absolute atomic E-state index is 0.576. The Morgan fingerprint density at radius 1 is 1.24 bits per heavy atom. The van der Waals surface area contributed by atoms with Crippen LogP contribution in [0.4, 0.5) is 0 Å². The third-order valence-electron chi connectivity index (χ3n) is 2.91. The van der Waals surface area contributed by atoms with Crippen LogP contribution in [0.3, 0.4) is 0 Å². The van der Waals surface area contributed by atoms with E-state index in [1.807, 2.05) is 19.1 Å². The van der Waals surface area contributed by atoms with Crippen LogP contribution in [0.15, 0.2) is 18.2 Å². The van der Waals surface area contributed by atoms with E-state index < -0.39 is 5.60 Å². The number of halogens is 2. The summed E-state index contributed by atoms with van der Waals surface area (Å²) in [5.41, 5.74) is 0.268. The first kappa shape index (κ1) is 14.8. The molecular weight excluding hydrogens is 255 g/mol. The van der Waals surface area contributed by atoms with Crippen LogP contribution in [0.2, 0.25) is 10.0 Å². The van der Waals surface area contributed by atoms with Gasteiger partial charge in [-0.2, -0.15) is 0 Å². The molecule has 0 saturated heterocycles. The zero-order chi connectivity index (χ0) is 12.9. The van der Waals surface area contributed by atoms with Crippen molar-refractivity contribution >= 4 is 23.2 Å². The molecule has 0 radical (unpaired) electrons. The van der Waals surface area contributed by atoms with Crippen molar-refractivity contribution in [1.29, 1.82) is 0 Å². The fourth-order valence-corrected chi connectivity index (χ4v) is 2.39. The van der Waals surface area contributed by atoms with Gasteiger partial charge in [0.25, 0.3) is 0 Å². The number of hydrogen-bond acceptors (Lipinski definition) is 1. The molecule has 1 atom stereocenters. The summed E-state index contributed by atoms with van der Waals surface area (Å²) < 4.78 is 0. The maximum atomic E-state index is 10.3. The molecule has 3 heteroatoms. The molecule has 0 heterocycles. The summed E-state index contributed by atoms with van der Waals surface area (Å²) in [6.07, 6.45) is 4.75. The van der Waals surface area contributed by atoms with E-state index in [1.165, 1.54) is 0 Å². The molecule has 1 N–H and O–H groups in total. The van der Waals surface area contributed by atoms with Crippen LogP contribution in [0, 0.1) is 0 Å². The lowest BCUT2D eigenvalue weighted by Gasteiger charge is -2.24. The average molecular weight is 275 g/mol. The minimum Gasteiger partial charge on any atom is -0.390 e. The molecule has 17 heavy (non-hydrogen) atoms. The number of unbranched alkanes of at least 4 members (excludes halogenated alkanes) is 2. The predicted octanol–water partition coefficient (Wildman–Crippen LogP) is 4.87. The number of hydrogen-bond donors (Lipinski definition) is 1. The normalized spacial score (nSPS) is 14.6. The van der Waals surface area contributed by atoms with Crippen molar-refractivity contribution in [3.8, 4) is 0 Å². The third kappa shape index (κ3) is 5.29. The van der Waals surface area contributed by atoms with Crippen molar-refractivity contribution in [2.24, 2.45) is 0 Å². The van der Waals surface area contributed by atoms with Gasteiger partial charge in [-0.1, -0.05) is 55.5 Å². The molecule has 1 unspecified atom stereocenters. The summed E-state index contributed by atoms with van der Waals surface area (Å²) >= 11 is 11.9. The van der Waals surface area contributed by atoms with Gasteiger partial charge in [0.15, 0.2) is 0 Å². The highest BCUT2D eigenvalue weighted by atomic mass is 35.5. The zero-order valence-corrected chi connectivity index (χ0v) is 12.0. The van der Waals surface area contributed by atoms with Gasteiger partial charge >= 0.3 is 0 Å². The molecule has 1 nitrogen and oxygen atoms in total. The van der Waals surface area contributed by atoms with Gasteiger partial charge < -0.3 is 5.11 Å². The quantitative estimate of drug-likeness (QED) is 0.734. The second kappa shape index (κ2) is 6.63. The minimum atomic E-state index is -0.688. The summed E-state index contributed by atoms with van der Waals surface area (Å²) in [5, 5.41) is 11.6. The second-order valence-corrected chi connectivity index (χ2v) is 5.71. The molecule has 0 spiro atoms. The molecule has 1 rings (SSSR count). The van der Waals surface area contributed by atoms with E-state index in [9.17, 15) is 5.11 Å². The first-order valence-corrected chi connectivity index (χ1v) is 6.86. The van der Waals surface area contributed by atoms with Crippen molar-refractivity contribution in [2.45, 2.75) is 51.6 Å².